The van der Waals surface area contributed by atoms with Gasteiger partial charge >= 0.3 is 0 Å². The zero-order chi connectivity index (χ0) is 18.3. The number of allylic oxidation sites excluding steroid dienone is 3. The number of fused-ring (bicyclic) bond motifs is 1. The topological polar surface area (TPSA) is 34.0 Å². The lowest BCUT2D eigenvalue weighted by molar-refractivity contribution is 0.577. The van der Waals surface area contributed by atoms with E-state index in [2.05, 4.69) is 47.5 Å². The van der Waals surface area contributed by atoms with Crippen molar-refractivity contribution < 1.29 is 0 Å². The van der Waals surface area contributed by atoms with E-state index in [4.69, 9.17) is 16.6 Å². The zero-order valence-corrected chi connectivity index (χ0v) is 15.5. The highest BCUT2D eigenvalue weighted by molar-refractivity contribution is 6.29. The molecule has 130 valence electrons. The number of hydrogen-bond acceptors (Lipinski definition) is 3. The maximum Gasteiger partial charge on any atom is 0.143 e. The highest BCUT2D eigenvalue weighted by Crippen LogP contribution is 2.30. The van der Waals surface area contributed by atoms with Crippen LogP contribution in [0.5, 0.6) is 0 Å². The molecule has 0 atom stereocenters. The van der Waals surface area contributed by atoms with Crippen molar-refractivity contribution in [2.45, 2.75) is 13.5 Å². The van der Waals surface area contributed by atoms with Gasteiger partial charge < -0.3 is 9.47 Å². The van der Waals surface area contributed by atoms with E-state index in [-0.39, 0.29) is 0 Å². The Morgan fingerprint density at radius 1 is 1.19 bits per heavy atom. The van der Waals surface area contributed by atoms with E-state index in [1.54, 1.807) is 6.20 Å². The maximum atomic E-state index is 6.16. The lowest BCUT2D eigenvalue weighted by Crippen LogP contribution is -2.16. The Morgan fingerprint density at radius 2 is 1.96 bits per heavy atom. The number of imidazole rings is 1. The van der Waals surface area contributed by atoms with Crippen molar-refractivity contribution in [2.75, 3.05) is 7.05 Å². The zero-order valence-electron chi connectivity index (χ0n) is 14.8. The molecule has 2 aromatic heterocycles. The van der Waals surface area contributed by atoms with Crippen molar-refractivity contribution in [1.82, 2.24) is 19.4 Å². The van der Waals surface area contributed by atoms with Crippen molar-refractivity contribution in [3.05, 3.63) is 89.3 Å². The molecule has 0 radical (unpaired) electrons. The van der Waals surface area contributed by atoms with Gasteiger partial charge in [-0.1, -0.05) is 48.5 Å². The molecule has 1 aliphatic rings. The molecule has 4 rings (SSSR count). The Bertz CT molecular complexity index is 1060. The molecule has 0 spiro atoms. The van der Waals surface area contributed by atoms with Crippen LogP contribution in [-0.4, -0.2) is 26.5 Å². The summed E-state index contributed by atoms with van der Waals surface area (Å²) in [4.78, 5) is 11.1. The summed E-state index contributed by atoms with van der Waals surface area (Å²) in [6.45, 7) is 6.88. The average molecular weight is 363 g/mol. The Hall–Kier alpha value is -2.85. The van der Waals surface area contributed by atoms with Gasteiger partial charge in [-0.25, -0.2) is 9.97 Å². The first-order chi connectivity index (χ1) is 12.5. The second kappa shape index (κ2) is 6.46. The second-order valence-corrected chi connectivity index (χ2v) is 6.86. The second-order valence-electron chi connectivity index (χ2n) is 6.47. The van der Waals surface area contributed by atoms with Crippen LogP contribution in [0.25, 0.3) is 16.6 Å². The fraction of sp³-hybridized carbons (Fsp3) is 0.143. The summed E-state index contributed by atoms with van der Waals surface area (Å²) in [6, 6.07) is 12.2. The number of benzene rings is 1. The molecular weight excluding hydrogens is 344 g/mol. The molecule has 0 fully saturated rings. The number of halogens is 1. The van der Waals surface area contributed by atoms with E-state index >= 15 is 0 Å². The van der Waals surface area contributed by atoms with Crippen molar-refractivity contribution in [3.8, 4) is 0 Å². The first kappa shape index (κ1) is 16.6. The summed E-state index contributed by atoms with van der Waals surface area (Å²) in [5, 5.41) is 0.466. The standard InChI is InChI=1S/C21H19ClN4/c1-14-9-17(13-25(3)15(14)2)21-24-18-11-23-20(22)10-19(18)26(21)12-16-7-5-4-6-8-16/h4-11,13H,2,12H2,1,3H3. The van der Waals surface area contributed by atoms with Crippen LogP contribution in [0.15, 0.2) is 72.7 Å². The predicted octanol–water partition coefficient (Wildman–Crippen LogP) is 4.88. The molecule has 0 bridgehead atoms. The molecule has 0 saturated carbocycles. The average Bonchev–Trinajstić information content (AvgIpc) is 2.98. The van der Waals surface area contributed by atoms with Crippen LogP contribution < -0.4 is 0 Å². The van der Waals surface area contributed by atoms with Crippen molar-refractivity contribution in [3.63, 3.8) is 0 Å². The van der Waals surface area contributed by atoms with E-state index in [0.717, 1.165) is 33.7 Å². The Balaban J connectivity index is 1.90. The van der Waals surface area contributed by atoms with E-state index in [1.165, 1.54) is 5.56 Å². The van der Waals surface area contributed by atoms with Crippen molar-refractivity contribution in [2.24, 2.45) is 0 Å². The highest BCUT2D eigenvalue weighted by Gasteiger charge is 2.19. The van der Waals surface area contributed by atoms with Crippen LogP contribution in [0.4, 0.5) is 0 Å². The molecule has 26 heavy (non-hydrogen) atoms. The molecule has 0 amide bonds. The minimum Gasteiger partial charge on any atom is -0.351 e. The van der Waals surface area contributed by atoms with Crippen LogP contribution >= 0.6 is 11.6 Å². The summed E-state index contributed by atoms with van der Waals surface area (Å²) in [5.41, 5.74) is 6.17. The molecule has 0 aliphatic carbocycles. The number of likely N-dealkylation sites (N-methyl/N-ethyl adjacent to an activating group) is 1. The molecule has 4 nitrogen and oxygen atoms in total. The Morgan fingerprint density at radius 3 is 2.69 bits per heavy atom. The van der Waals surface area contributed by atoms with E-state index in [1.807, 2.05) is 36.2 Å². The fourth-order valence-electron chi connectivity index (χ4n) is 3.19. The van der Waals surface area contributed by atoms with Gasteiger partial charge in [-0.15, -0.1) is 0 Å². The van der Waals surface area contributed by atoms with Gasteiger partial charge in [0.1, 0.15) is 16.5 Å². The van der Waals surface area contributed by atoms with Crippen LogP contribution in [0, 0.1) is 0 Å². The maximum absolute atomic E-state index is 6.16. The minimum absolute atomic E-state index is 0.466. The van der Waals surface area contributed by atoms with E-state index in [0.29, 0.717) is 11.7 Å². The third-order valence-electron chi connectivity index (χ3n) is 4.63. The molecule has 1 aromatic carbocycles. The van der Waals surface area contributed by atoms with Crippen LogP contribution in [0.3, 0.4) is 0 Å². The summed E-state index contributed by atoms with van der Waals surface area (Å²) >= 11 is 6.16. The molecule has 0 N–H and O–H groups in total. The highest BCUT2D eigenvalue weighted by atomic mass is 35.5. The Kier molecular flexibility index (Phi) is 4.13. The largest absolute Gasteiger partial charge is 0.351 e. The number of hydrogen-bond donors (Lipinski definition) is 0. The predicted molar refractivity (Wildman–Crippen MR) is 107 cm³/mol. The smallest absolute Gasteiger partial charge is 0.143 e. The summed E-state index contributed by atoms with van der Waals surface area (Å²) in [6.07, 6.45) is 5.92. The number of nitrogens with zero attached hydrogens (tertiary/aromatic N) is 4. The first-order valence-corrected chi connectivity index (χ1v) is 8.79. The number of aromatic nitrogens is 3. The quantitative estimate of drug-likeness (QED) is 0.623. The monoisotopic (exact) mass is 362 g/mol. The normalized spacial score (nSPS) is 14.6. The molecule has 0 unspecified atom stereocenters. The van der Waals surface area contributed by atoms with E-state index < -0.39 is 0 Å². The van der Waals surface area contributed by atoms with Crippen LogP contribution in [0.1, 0.15) is 18.3 Å². The summed E-state index contributed by atoms with van der Waals surface area (Å²) in [5.74, 6) is 0.895. The van der Waals surface area contributed by atoms with E-state index in [9.17, 15) is 0 Å². The van der Waals surface area contributed by atoms with Gasteiger partial charge in [-0.05, 0) is 24.1 Å². The van der Waals surface area contributed by atoms with Gasteiger partial charge in [0, 0.05) is 37.1 Å². The molecule has 3 aromatic rings. The lowest BCUT2D eigenvalue weighted by Gasteiger charge is -2.24. The lowest BCUT2D eigenvalue weighted by atomic mass is 10.1. The van der Waals surface area contributed by atoms with Gasteiger partial charge in [-0.3, -0.25) is 0 Å². The van der Waals surface area contributed by atoms with Crippen molar-refractivity contribution >= 4 is 28.2 Å². The van der Waals surface area contributed by atoms with Crippen LogP contribution in [0.2, 0.25) is 5.15 Å². The SMILES string of the molecule is C=C1C(C)=CC(c2nc3cnc(Cl)cc3n2Cc2ccccc2)=CN1C. The first-order valence-electron chi connectivity index (χ1n) is 8.41. The minimum atomic E-state index is 0.466. The molecular formula is C21H19ClN4. The molecule has 5 heteroatoms. The number of pyridine rings is 1. The van der Waals surface area contributed by atoms with Crippen molar-refractivity contribution in [1.29, 1.82) is 0 Å². The van der Waals surface area contributed by atoms with Gasteiger partial charge in [-0.2, -0.15) is 0 Å². The molecule has 1 aliphatic heterocycles. The summed E-state index contributed by atoms with van der Waals surface area (Å²) < 4.78 is 2.19. The molecule has 0 saturated heterocycles. The van der Waals surface area contributed by atoms with Gasteiger partial charge in [0.15, 0.2) is 0 Å². The Labute approximate surface area is 157 Å². The summed E-state index contributed by atoms with van der Waals surface area (Å²) in [7, 11) is 2.00. The van der Waals surface area contributed by atoms with Crippen LogP contribution in [-0.2, 0) is 6.54 Å². The third kappa shape index (κ3) is 2.93. The fourth-order valence-corrected chi connectivity index (χ4v) is 3.34. The third-order valence-corrected chi connectivity index (χ3v) is 4.84. The number of rotatable bonds is 3. The van der Waals surface area contributed by atoms with Gasteiger partial charge in [0.05, 0.1) is 11.7 Å². The van der Waals surface area contributed by atoms with Gasteiger partial charge in [0.25, 0.3) is 0 Å². The van der Waals surface area contributed by atoms with Gasteiger partial charge in [0.2, 0.25) is 0 Å². The molecule has 3 heterocycles.